The predicted molar refractivity (Wildman–Crippen MR) is 125 cm³/mol. The molecule has 2 aromatic carbocycles. The Labute approximate surface area is 191 Å². The van der Waals surface area contributed by atoms with Gasteiger partial charge in [-0.2, -0.15) is 5.26 Å². The molecule has 0 bridgehead atoms. The molecule has 1 aromatic heterocycles. The molecule has 8 heteroatoms. The minimum atomic E-state index is -0.520. The van der Waals surface area contributed by atoms with Gasteiger partial charge in [-0.05, 0) is 42.3 Å². The minimum Gasteiger partial charge on any atom is -0.490 e. The van der Waals surface area contributed by atoms with E-state index < -0.39 is 5.91 Å². The number of hydrogen-bond donors (Lipinski definition) is 1. The third-order valence-electron chi connectivity index (χ3n) is 4.33. The normalized spacial score (nSPS) is 10.9. The van der Waals surface area contributed by atoms with E-state index in [0.717, 1.165) is 30.0 Å². The van der Waals surface area contributed by atoms with Crippen molar-refractivity contribution in [3.63, 3.8) is 0 Å². The first-order valence-electron chi connectivity index (χ1n) is 10.3. The van der Waals surface area contributed by atoms with Gasteiger partial charge >= 0.3 is 0 Å². The van der Waals surface area contributed by atoms with Crippen LogP contribution in [0.25, 0.3) is 6.08 Å². The van der Waals surface area contributed by atoms with Gasteiger partial charge in [0.25, 0.3) is 5.91 Å². The number of nitrogens with zero attached hydrogens (tertiary/aromatic N) is 3. The second kappa shape index (κ2) is 12.2. The number of nitrogens with one attached hydrogen (secondary N) is 1. The van der Waals surface area contributed by atoms with Gasteiger partial charge in [0.15, 0.2) is 0 Å². The third kappa shape index (κ3) is 7.22. The monoisotopic (exact) mass is 448 g/mol. The van der Waals surface area contributed by atoms with E-state index in [9.17, 15) is 10.1 Å². The lowest BCUT2D eigenvalue weighted by molar-refractivity contribution is -0.112. The highest BCUT2D eigenvalue weighted by Crippen LogP contribution is 2.20. The van der Waals surface area contributed by atoms with Crippen LogP contribution in [0.3, 0.4) is 0 Å². The molecule has 164 valence electrons. The SMILES string of the molecule is CCCCc1nnc(NC(=O)/C(C#N)=C\c2cccc(OCCOc3ccccc3)c2)s1. The van der Waals surface area contributed by atoms with Gasteiger partial charge in [-0.1, -0.05) is 55.0 Å². The topological polar surface area (TPSA) is 97.1 Å². The molecular formula is C24H24N4O3S. The average Bonchev–Trinajstić information content (AvgIpc) is 3.27. The number of aromatic nitrogens is 2. The number of para-hydroxylation sites is 1. The number of hydrogen-bond acceptors (Lipinski definition) is 7. The van der Waals surface area contributed by atoms with E-state index in [-0.39, 0.29) is 5.57 Å². The van der Waals surface area contributed by atoms with Gasteiger partial charge in [0, 0.05) is 6.42 Å². The molecule has 0 saturated heterocycles. The van der Waals surface area contributed by atoms with Crippen LogP contribution in [0, 0.1) is 11.3 Å². The molecule has 0 aliphatic carbocycles. The summed E-state index contributed by atoms with van der Waals surface area (Å²) >= 11 is 1.32. The Kier molecular flexibility index (Phi) is 8.78. The van der Waals surface area contributed by atoms with Crippen LogP contribution in [0.2, 0.25) is 0 Å². The Bertz CT molecular complexity index is 1090. The number of amides is 1. The van der Waals surface area contributed by atoms with Crippen LogP contribution >= 0.6 is 11.3 Å². The molecule has 1 N–H and O–H groups in total. The molecule has 0 unspecified atom stereocenters. The van der Waals surface area contributed by atoms with Crippen molar-refractivity contribution < 1.29 is 14.3 Å². The number of carbonyl (C=O) groups excluding carboxylic acids is 1. The minimum absolute atomic E-state index is 0.0279. The summed E-state index contributed by atoms with van der Waals surface area (Å²) in [5, 5.41) is 21.4. The molecular weight excluding hydrogens is 424 g/mol. The van der Waals surface area contributed by atoms with Gasteiger partial charge in [-0.25, -0.2) is 0 Å². The first-order valence-corrected chi connectivity index (χ1v) is 11.2. The number of nitriles is 1. The smallest absolute Gasteiger partial charge is 0.268 e. The first kappa shape index (κ1) is 23.0. The number of rotatable bonds is 11. The van der Waals surface area contributed by atoms with Crippen molar-refractivity contribution >= 4 is 28.5 Å². The van der Waals surface area contributed by atoms with Gasteiger partial charge < -0.3 is 9.47 Å². The lowest BCUT2D eigenvalue weighted by Crippen LogP contribution is -2.13. The molecule has 7 nitrogen and oxygen atoms in total. The lowest BCUT2D eigenvalue weighted by Gasteiger charge is -2.09. The molecule has 3 aromatic rings. The second-order valence-electron chi connectivity index (χ2n) is 6.81. The van der Waals surface area contributed by atoms with Gasteiger partial charge in [-0.15, -0.1) is 10.2 Å². The zero-order valence-electron chi connectivity index (χ0n) is 17.8. The maximum absolute atomic E-state index is 12.5. The van der Waals surface area contributed by atoms with Gasteiger partial charge in [-0.3, -0.25) is 10.1 Å². The van der Waals surface area contributed by atoms with E-state index in [1.165, 1.54) is 17.4 Å². The largest absolute Gasteiger partial charge is 0.490 e. The summed E-state index contributed by atoms with van der Waals surface area (Å²) in [5.41, 5.74) is 0.652. The van der Waals surface area contributed by atoms with E-state index >= 15 is 0 Å². The van der Waals surface area contributed by atoms with Crippen LogP contribution in [-0.2, 0) is 11.2 Å². The van der Waals surface area contributed by atoms with Gasteiger partial charge in [0.1, 0.15) is 41.4 Å². The highest BCUT2D eigenvalue weighted by Gasteiger charge is 2.13. The molecule has 0 atom stereocenters. The number of aryl methyl sites for hydroxylation is 1. The zero-order valence-corrected chi connectivity index (χ0v) is 18.6. The molecule has 3 rings (SSSR count). The van der Waals surface area contributed by atoms with Gasteiger partial charge in [0.2, 0.25) is 5.13 Å². The molecule has 0 aliphatic heterocycles. The molecule has 1 amide bonds. The molecule has 32 heavy (non-hydrogen) atoms. The maximum Gasteiger partial charge on any atom is 0.268 e. The lowest BCUT2D eigenvalue weighted by atomic mass is 10.1. The summed E-state index contributed by atoms with van der Waals surface area (Å²) in [7, 11) is 0. The summed E-state index contributed by atoms with van der Waals surface area (Å²) in [4.78, 5) is 12.5. The van der Waals surface area contributed by atoms with Crippen LogP contribution in [0.1, 0.15) is 30.3 Å². The zero-order chi connectivity index (χ0) is 22.6. The average molecular weight is 449 g/mol. The van der Waals surface area contributed by atoms with E-state index in [2.05, 4.69) is 22.4 Å². The van der Waals surface area contributed by atoms with Crippen LogP contribution < -0.4 is 14.8 Å². The van der Waals surface area contributed by atoms with Crippen LogP contribution in [0.5, 0.6) is 11.5 Å². The van der Waals surface area contributed by atoms with Crippen molar-refractivity contribution in [2.24, 2.45) is 0 Å². The van der Waals surface area contributed by atoms with Crippen molar-refractivity contribution in [2.45, 2.75) is 26.2 Å². The summed E-state index contributed by atoms with van der Waals surface area (Å²) in [5.74, 6) is 0.886. The fourth-order valence-electron chi connectivity index (χ4n) is 2.74. The number of benzene rings is 2. The van der Waals surface area contributed by atoms with Crippen LogP contribution in [-0.4, -0.2) is 29.3 Å². The highest BCUT2D eigenvalue weighted by molar-refractivity contribution is 7.15. The van der Waals surface area contributed by atoms with E-state index in [4.69, 9.17) is 9.47 Å². The predicted octanol–water partition coefficient (Wildman–Crippen LogP) is 4.88. The second-order valence-corrected chi connectivity index (χ2v) is 7.87. The van der Waals surface area contributed by atoms with Crippen molar-refractivity contribution in [1.29, 1.82) is 5.26 Å². The number of anilines is 1. The van der Waals surface area contributed by atoms with Crippen molar-refractivity contribution in [3.8, 4) is 17.6 Å². The molecule has 0 radical (unpaired) electrons. The summed E-state index contributed by atoms with van der Waals surface area (Å²) in [6, 6.07) is 18.6. The molecule has 0 spiro atoms. The fourth-order valence-corrected chi connectivity index (χ4v) is 3.52. The quantitative estimate of drug-likeness (QED) is 0.255. The van der Waals surface area contributed by atoms with Crippen molar-refractivity contribution in [1.82, 2.24) is 10.2 Å². The standard InChI is InChI=1S/C24H24N4O3S/c1-2-3-12-22-27-28-24(32-22)26-23(29)19(17-25)15-18-8-7-11-21(16-18)31-14-13-30-20-9-5-4-6-10-20/h4-11,15-16H,2-3,12-14H2,1H3,(H,26,28,29)/b19-15-. The Hall–Kier alpha value is -3.70. The molecule has 0 fully saturated rings. The Morgan fingerprint density at radius 2 is 1.84 bits per heavy atom. The maximum atomic E-state index is 12.5. The van der Waals surface area contributed by atoms with E-state index in [1.54, 1.807) is 18.2 Å². The summed E-state index contributed by atoms with van der Waals surface area (Å²) in [6.45, 7) is 2.87. The fraction of sp³-hybridized carbons (Fsp3) is 0.250. The Morgan fingerprint density at radius 3 is 2.59 bits per heavy atom. The molecule has 0 saturated carbocycles. The summed E-state index contributed by atoms with van der Waals surface area (Å²) < 4.78 is 11.3. The van der Waals surface area contributed by atoms with Crippen molar-refractivity contribution in [3.05, 3.63) is 70.7 Å². The van der Waals surface area contributed by atoms with Crippen LogP contribution in [0.15, 0.2) is 60.2 Å². The van der Waals surface area contributed by atoms with Crippen molar-refractivity contribution in [2.75, 3.05) is 18.5 Å². The molecule has 1 heterocycles. The van der Waals surface area contributed by atoms with Gasteiger partial charge in [0.05, 0.1) is 0 Å². The third-order valence-corrected chi connectivity index (χ3v) is 5.23. The van der Waals surface area contributed by atoms with E-state index in [0.29, 0.717) is 29.7 Å². The Balaban J connectivity index is 1.56. The number of unbranched alkanes of at least 4 members (excludes halogenated alkanes) is 1. The molecule has 0 aliphatic rings. The Morgan fingerprint density at radius 1 is 1.09 bits per heavy atom. The highest BCUT2D eigenvalue weighted by atomic mass is 32.1. The summed E-state index contributed by atoms with van der Waals surface area (Å²) in [6.07, 6.45) is 4.42. The first-order chi connectivity index (χ1) is 15.7. The number of carbonyl (C=O) groups is 1. The van der Waals surface area contributed by atoms with Crippen LogP contribution in [0.4, 0.5) is 5.13 Å². The van der Waals surface area contributed by atoms with E-state index in [1.807, 2.05) is 42.5 Å². The number of ether oxygens (including phenoxy) is 2.